The van der Waals surface area contributed by atoms with Crippen LogP contribution in [0, 0.1) is 10.1 Å². The lowest BCUT2D eigenvalue weighted by Gasteiger charge is -2.14. The Morgan fingerprint density at radius 3 is 2.39 bits per heavy atom. The highest BCUT2D eigenvalue weighted by molar-refractivity contribution is 5.97. The van der Waals surface area contributed by atoms with Crippen molar-refractivity contribution in [2.75, 3.05) is 5.32 Å². The molecule has 1 rings (SSSR count). The predicted octanol–water partition coefficient (Wildman–Crippen LogP) is 0.479. The molecule has 0 aliphatic heterocycles. The molecule has 1 aromatic carbocycles. The Kier molecular flexibility index (Phi) is 3.98. The van der Waals surface area contributed by atoms with Crippen LogP contribution in [-0.4, -0.2) is 16.8 Å². The number of nitro groups is 1. The van der Waals surface area contributed by atoms with Gasteiger partial charge in [-0.1, -0.05) is 6.92 Å². The summed E-state index contributed by atoms with van der Waals surface area (Å²) in [6, 6.07) is 2.15. The minimum atomic E-state index is -1.44. The molecule has 0 saturated heterocycles. The van der Waals surface area contributed by atoms with Gasteiger partial charge in [0.15, 0.2) is 0 Å². The van der Waals surface area contributed by atoms with Gasteiger partial charge in [0.2, 0.25) is 5.91 Å². The maximum absolute atomic E-state index is 11.0. The maximum atomic E-state index is 11.0. The number of carboxylic acid groups (broad SMARTS) is 1. The molecule has 0 bridgehead atoms. The van der Waals surface area contributed by atoms with Crippen molar-refractivity contribution in [2.24, 2.45) is 0 Å². The molecule has 0 saturated carbocycles. The molecule has 0 aliphatic carbocycles. The molecule has 96 valence electrons. The van der Waals surface area contributed by atoms with Gasteiger partial charge < -0.3 is 15.2 Å². The third kappa shape index (κ3) is 2.62. The van der Waals surface area contributed by atoms with Crippen LogP contribution in [-0.2, 0) is 11.2 Å². The summed E-state index contributed by atoms with van der Waals surface area (Å²) >= 11 is 0. The molecule has 0 unspecified atom stereocenters. The third-order valence-electron chi connectivity index (χ3n) is 2.36. The summed E-state index contributed by atoms with van der Waals surface area (Å²) in [7, 11) is 0. The van der Waals surface area contributed by atoms with Crippen molar-refractivity contribution in [2.45, 2.75) is 20.3 Å². The van der Waals surface area contributed by atoms with Gasteiger partial charge in [-0.15, -0.1) is 0 Å². The normalized spacial score (nSPS) is 9.89. The van der Waals surface area contributed by atoms with Gasteiger partial charge in [0.25, 0.3) is 5.69 Å². The number of carbonyl (C=O) groups excluding carboxylic acids is 2. The number of carboxylic acids is 1. The van der Waals surface area contributed by atoms with E-state index in [1.54, 1.807) is 6.92 Å². The highest BCUT2D eigenvalue weighted by Gasteiger charge is 2.21. The largest absolute Gasteiger partial charge is 0.545 e. The first-order valence-corrected chi connectivity index (χ1v) is 5.17. The van der Waals surface area contributed by atoms with Crippen LogP contribution < -0.4 is 10.4 Å². The number of amides is 1. The number of hydrogen-bond acceptors (Lipinski definition) is 5. The number of benzene rings is 1. The lowest BCUT2D eigenvalue weighted by atomic mass is 10.0. The van der Waals surface area contributed by atoms with Gasteiger partial charge in [0, 0.05) is 18.6 Å². The molecule has 0 heterocycles. The summed E-state index contributed by atoms with van der Waals surface area (Å²) in [6.07, 6.45) is 0.223. The van der Waals surface area contributed by atoms with Crippen LogP contribution in [0.1, 0.15) is 29.8 Å². The fourth-order valence-corrected chi connectivity index (χ4v) is 1.66. The molecular weight excluding hydrogens is 240 g/mol. The SMILES string of the molecule is CCc1c(C(=O)[O-])ccc([N+](=O)[O-])c1NC(C)=O. The molecule has 18 heavy (non-hydrogen) atoms. The Bertz CT molecular complexity index is 524. The smallest absolute Gasteiger partial charge is 0.293 e. The number of aromatic carboxylic acids is 1. The highest BCUT2D eigenvalue weighted by Crippen LogP contribution is 2.31. The van der Waals surface area contributed by atoms with E-state index in [-0.39, 0.29) is 28.9 Å². The first kappa shape index (κ1) is 13.6. The minimum Gasteiger partial charge on any atom is -0.545 e. The Morgan fingerprint density at radius 2 is 2.00 bits per heavy atom. The number of rotatable bonds is 4. The summed E-state index contributed by atoms with van der Waals surface area (Å²) < 4.78 is 0. The number of nitrogens with zero attached hydrogens (tertiary/aromatic N) is 1. The zero-order valence-corrected chi connectivity index (χ0v) is 9.85. The van der Waals surface area contributed by atoms with Crippen molar-refractivity contribution in [3.8, 4) is 0 Å². The molecule has 7 heteroatoms. The number of nitrogens with one attached hydrogen (secondary N) is 1. The van der Waals surface area contributed by atoms with Crippen LogP contribution in [0.25, 0.3) is 0 Å². The summed E-state index contributed by atoms with van der Waals surface area (Å²) in [5.74, 6) is -1.95. The van der Waals surface area contributed by atoms with Gasteiger partial charge in [0.05, 0.1) is 10.9 Å². The highest BCUT2D eigenvalue weighted by atomic mass is 16.6. The van der Waals surface area contributed by atoms with Crippen LogP contribution >= 0.6 is 0 Å². The predicted molar refractivity (Wildman–Crippen MR) is 61.1 cm³/mol. The first-order chi connectivity index (χ1) is 8.38. The molecule has 1 amide bonds. The molecular formula is C11H11N2O5-. The standard InChI is InChI=1S/C11H12N2O5/c1-3-7-8(11(15)16)4-5-9(13(17)18)10(7)12-6(2)14/h4-5H,3H2,1-2H3,(H,12,14)(H,15,16)/p-1. The van der Waals surface area contributed by atoms with Crippen molar-refractivity contribution in [1.82, 2.24) is 0 Å². The zero-order chi connectivity index (χ0) is 13.9. The van der Waals surface area contributed by atoms with Crippen molar-refractivity contribution in [1.29, 1.82) is 0 Å². The summed E-state index contributed by atoms with van der Waals surface area (Å²) in [6.45, 7) is 2.83. The van der Waals surface area contributed by atoms with Gasteiger partial charge in [-0.2, -0.15) is 0 Å². The van der Waals surface area contributed by atoms with Crippen LogP contribution in [0.4, 0.5) is 11.4 Å². The lowest BCUT2D eigenvalue weighted by Crippen LogP contribution is -2.25. The molecule has 0 fully saturated rings. The van der Waals surface area contributed by atoms with Crippen molar-refractivity contribution >= 4 is 23.3 Å². The van der Waals surface area contributed by atoms with E-state index < -0.39 is 16.8 Å². The Morgan fingerprint density at radius 1 is 1.39 bits per heavy atom. The molecule has 0 aliphatic rings. The topological polar surface area (TPSA) is 112 Å². The van der Waals surface area contributed by atoms with E-state index in [1.807, 2.05) is 0 Å². The number of hydrogen-bond donors (Lipinski definition) is 1. The first-order valence-electron chi connectivity index (χ1n) is 5.17. The fraction of sp³-hybridized carbons (Fsp3) is 0.273. The third-order valence-corrected chi connectivity index (χ3v) is 2.36. The summed E-state index contributed by atoms with van der Waals surface area (Å²) in [5.41, 5.74) is -0.407. The van der Waals surface area contributed by atoms with Gasteiger partial charge in [0.1, 0.15) is 5.69 Å². The van der Waals surface area contributed by atoms with E-state index in [9.17, 15) is 24.8 Å². The molecule has 0 aromatic heterocycles. The second kappa shape index (κ2) is 5.26. The van der Waals surface area contributed by atoms with Gasteiger partial charge in [-0.3, -0.25) is 14.9 Å². The van der Waals surface area contributed by atoms with E-state index >= 15 is 0 Å². The Hall–Kier alpha value is -2.44. The molecule has 0 atom stereocenters. The number of anilines is 1. The van der Waals surface area contributed by atoms with Crippen LogP contribution in [0.3, 0.4) is 0 Å². The monoisotopic (exact) mass is 251 g/mol. The molecule has 0 radical (unpaired) electrons. The summed E-state index contributed by atoms with van der Waals surface area (Å²) in [4.78, 5) is 32.1. The van der Waals surface area contributed by atoms with E-state index in [2.05, 4.69) is 5.32 Å². The second-order valence-electron chi connectivity index (χ2n) is 3.57. The van der Waals surface area contributed by atoms with E-state index in [1.165, 1.54) is 6.92 Å². The average Bonchev–Trinajstić information content (AvgIpc) is 2.26. The van der Waals surface area contributed by atoms with E-state index in [0.717, 1.165) is 12.1 Å². The van der Waals surface area contributed by atoms with Crippen molar-refractivity contribution < 1.29 is 19.6 Å². The molecule has 1 N–H and O–H groups in total. The van der Waals surface area contributed by atoms with E-state index in [0.29, 0.717) is 0 Å². The quantitative estimate of drug-likeness (QED) is 0.617. The fourth-order valence-electron chi connectivity index (χ4n) is 1.66. The van der Waals surface area contributed by atoms with E-state index in [4.69, 9.17) is 0 Å². The van der Waals surface area contributed by atoms with Crippen LogP contribution in [0.5, 0.6) is 0 Å². The summed E-state index contributed by atoms with van der Waals surface area (Å²) in [5, 5.41) is 24.0. The van der Waals surface area contributed by atoms with Gasteiger partial charge in [-0.25, -0.2) is 0 Å². The lowest BCUT2D eigenvalue weighted by molar-refractivity contribution is -0.384. The van der Waals surface area contributed by atoms with Crippen molar-refractivity contribution in [3.05, 3.63) is 33.4 Å². The molecule has 0 spiro atoms. The molecule has 1 aromatic rings. The second-order valence-corrected chi connectivity index (χ2v) is 3.57. The van der Waals surface area contributed by atoms with Crippen LogP contribution in [0.15, 0.2) is 12.1 Å². The Labute approximate surface area is 103 Å². The number of nitro benzene ring substituents is 1. The average molecular weight is 251 g/mol. The van der Waals surface area contributed by atoms with Gasteiger partial charge in [-0.05, 0) is 18.1 Å². The van der Waals surface area contributed by atoms with Crippen LogP contribution in [0.2, 0.25) is 0 Å². The number of carbonyl (C=O) groups is 2. The zero-order valence-electron chi connectivity index (χ0n) is 9.85. The maximum Gasteiger partial charge on any atom is 0.293 e. The Balaban J connectivity index is 3.55. The molecule has 7 nitrogen and oxygen atoms in total. The minimum absolute atomic E-state index is 0.0864. The van der Waals surface area contributed by atoms with Crippen molar-refractivity contribution in [3.63, 3.8) is 0 Å². The van der Waals surface area contributed by atoms with Gasteiger partial charge >= 0.3 is 0 Å².